The summed E-state index contributed by atoms with van der Waals surface area (Å²) in [5.41, 5.74) is 3.60. The molecule has 5 nitrogen and oxygen atoms in total. The van der Waals surface area contributed by atoms with Crippen LogP contribution in [-0.2, 0) is 16.0 Å². The third-order valence-electron chi connectivity index (χ3n) is 5.59. The van der Waals surface area contributed by atoms with E-state index in [9.17, 15) is 9.90 Å². The van der Waals surface area contributed by atoms with Crippen LogP contribution in [0.3, 0.4) is 0 Å². The highest BCUT2D eigenvalue weighted by Crippen LogP contribution is 2.41. The third-order valence-corrected chi connectivity index (χ3v) is 5.59. The molecule has 0 aromatic heterocycles. The number of allylic oxidation sites excluding steroid dienone is 2. The molecular formula is C23H32N2O3. The van der Waals surface area contributed by atoms with Crippen LogP contribution in [0.25, 0.3) is 0 Å². The van der Waals surface area contributed by atoms with Gasteiger partial charge in [0.05, 0.1) is 19.3 Å². The molecule has 3 rings (SSSR count). The maximum atomic E-state index is 13.1. The molecule has 28 heavy (non-hydrogen) atoms. The van der Waals surface area contributed by atoms with Gasteiger partial charge in [0.2, 0.25) is 5.91 Å². The molecular weight excluding hydrogens is 352 g/mol. The van der Waals surface area contributed by atoms with Gasteiger partial charge in [-0.1, -0.05) is 43.3 Å². The molecule has 0 fully saturated rings. The summed E-state index contributed by atoms with van der Waals surface area (Å²) in [6, 6.07) is 8.31. The molecule has 1 aromatic rings. The van der Waals surface area contributed by atoms with E-state index in [1.165, 1.54) is 11.1 Å². The van der Waals surface area contributed by atoms with Gasteiger partial charge >= 0.3 is 0 Å². The maximum absolute atomic E-state index is 13.1. The monoisotopic (exact) mass is 384 g/mol. The van der Waals surface area contributed by atoms with Crippen molar-refractivity contribution in [2.75, 3.05) is 26.7 Å². The number of ether oxygens (including phenoxy) is 1. The van der Waals surface area contributed by atoms with Gasteiger partial charge in [0, 0.05) is 37.5 Å². The van der Waals surface area contributed by atoms with Crippen molar-refractivity contribution in [2.24, 2.45) is 5.92 Å². The lowest BCUT2D eigenvalue weighted by Gasteiger charge is -2.40. The number of rotatable bonds is 7. The van der Waals surface area contributed by atoms with Gasteiger partial charge in [-0.15, -0.1) is 0 Å². The van der Waals surface area contributed by atoms with Crippen LogP contribution in [0.2, 0.25) is 0 Å². The van der Waals surface area contributed by atoms with Crippen molar-refractivity contribution in [1.29, 1.82) is 0 Å². The van der Waals surface area contributed by atoms with E-state index in [-0.39, 0.29) is 11.9 Å². The zero-order valence-corrected chi connectivity index (χ0v) is 17.1. The Balaban J connectivity index is 1.89. The number of benzene rings is 1. The first-order chi connectivity index (χ1) is 13.5. The Labute approximate surface area is 168 Å². The predicted molar refractivity (Wildman–Crippen MR) is 111 cm³/mol. The molecule has 152 valence electrons. The summed E-state index contributed by atoms with van der Waals surface area (Å²) in [5, 5.41) is 12.5. The summed E-state index contributed by atoms with van der Waals surface area (Å²) >= 11 is 0. The number of aliphatic hydroxyl groups excluding tert-OH is 1. The minimum Gasteiger partial charge on any atom is -0.500 e. The Morgan fingerprint density at radius 1 is 1.39 bits per heavy atom. The minimum atomic E-state index is -0.409. The molecule has 2 aliphatic rings. The molecule has 5 heteroatoms. The lowest BCUT2D eigenvalue weighted by molar-refractivity contribution is -0.133. The van der Waals surface area contributed by atoms with E-state index in [4.69, 9.17) is 4.74 Å². The van der Waals surface area contributed by atoms with Crippen molar-refractivity contribution in [3.8, 4) is 0 Å². The van der Waals surface area contributed by atoms with Gasteiger partial charge in [-0.3, -0.25) is 4.79 Å². The van der Waals surface area contributed by atoms with Crippen LogP contribution < -0.4 is 5.32 Å². The van der Waals surface area contributed by atoms with Crippen LogP contribution in [0.15, 0.2) is 47.7 Å². The average molecular weight is 385 g/mol. The number of carbonyl (C=O) groups is 1. The predicted octanol–water partition coefficient (Wildman–Crippen LogP) is 2.97. The average Bonchev–Trinajstić information content (AvgIpc) is 2.69. The third kappa shape index (κ3) is 4.47. The van der Waals surface area contributed by atoms with E-state index in [1.54, 1.807) is 14.0 Å². The van der Waals surface area contributed by atoms with E-state index < -0.39 is 6.10 Å². The van der Waals surface area contributed by atoms with Gasteiger partial charge in [-0.25, -0.2) is 0 Å². The molecule has 0 bridgehead atoms. The molecule has 1 heterocycles. The van der Waals surface area contributed by atoms with Gasteiger partial charge in [0.1, 0.15) is 5.76 Å². The first-order valence-electron chi connectivity index (χ1n) is 10.2. The van der Waals surface area contributed by atoms with Gasteiger partial charge in [0.25, 0.3) is 0 Å². The molecule has 1 aromatic carbocycles. The molecule has 3 atom stereocenters. The van der Waals surface area contributed by atoms with Crippen molar-refractivity contribution in [3.05, 3.63) is 58.9 Å². The van der Waals surface area contributed by atoms with Crippen molar-refractivity contribution in [3.63, 3.8) is 0 Å². The second-order valence-corrected chi connectivity index (χ2v) is 7.80. The maximum Gasteiger partial charge on any atom is 0.224 e. The number of fused-ring (bicyclic) bond motifs is 1. The summed E-state index contributed by atoms with van der Waals surface area (Å²) in [4.78, 5) is 15.1. The second kappa shape index (κ2) is 9.39. The molecule has 1 amide bonds. The Hall–Kier alpha value is -2.11. The molecule has 0 radical (unpaired) electrons. The highest BCUT2D eigenvalue weighted by atomic mass is 16.5. The summed E-state index contributed by atoms with van der Waals surface area (Å²) < 4.78 is 5.79. The van der Waals surface area contributed by atoms with Crippen molar-refractivity contribution in [2.45, 2.75) is 45.3 Å². The summed E-state index contributed by atoms with van der Waals surface area (Å²) in [7, 11) is 1.73. The largest absolute Gasteiger partial charge is 0.500 e. The molecule has 0 unspecified atom stereocenters. The summed E-state index contributed by atoms with van der Waals surface area (Å²) in [6.45, 7) is 5.68. The fourth-order valence-corrected chi connectivity index (χ4v) is 4.24. The molecule has 0 saturated carbocycles. The smallest absolute Gasteiger partial charge is 0.224 e. The molecule has 0 saturated heterocycles. The van der Waals surface area contributed by atoms with E-state index in [0.29, 0.717) is 32.0 Å². The zero-order valence-electron chi connectivity index (χ0n) is 17.1. The Bertz CT molecular complexity index is 754. The number of hydrogen-bond donors (Lipinski definition) is 2. The quantitative estimate of drug-likeness (QED) is 0.710. The second-order valence-electron chi connectivity index (χ2n) is 7.80. The van der Waals surface area contributed by atoms with Crippen LogP contribution >= 0.6 is 0 Å². The normalized spacial score (nSPS) is 22.8. The van der Waals surface area contributed by atoms with Gasteiger partial charge in [-0.2, -0.15) is 0 Å². The highest BCUT2D eigenvalue weighted by molar-refractivity contribution is 5.78. The van der Waals surface area contributed by atoms with Crippen molar-refractivity contribution < 1.29 is 14.6 Å². The number of aliphatic hydroxyl groups is 1. The van der Waals surface area contributed by atoms with Crippen molar-refractivity contribution >= 4 is 5.91 Å². The molecule has 2 N–H and O–H groups in total. The van der Waals surface area contributed by atoms with E-state index in [2.05, 4.69) is 42.6 Å². The SMILES string of the molecule is COC1=C([C@@H]2c3ccccc3CCN2C(=O)CCNC[C@@H](C)O)C=CC[C@@H]1C. The molecule has 0 spiro atoms. The molecule has 1 aliphatic carbocycles. The van der Waals surface area contributed by atoms with E-state index in [1.807, 2.05) is 11.0 Å². The van der Waals surface area contributed by atoms with Crippen LogP contribution in [0.5, 0.6) is 0 Å². The van der Waals surface area contributed by atoms with E-state index >= 15 is 0 Å². The van der Waals surface area contributed by atoms with E-state index in [0.717, 1.165) is 24.2 Å². The topological polar surface area (TPSA) is 61.8 Å². The van der Waals surface area contributed by atoms with Crippen LogP contribution in [0.1, 0.15) is 43.9 Å². The molecule has 1 aliphatic heterocycles. The zero-order chi connectivity index (χ0) is 20.1. The fraction of sp³-hybridized carbons (Fsp3) is 0.522. The van der Waals surface area contributed by atoms with Crippen LogP contribution in [-0.4, -0.2) is 48.8 Å². The lowest BCUT2D eigenvalue weighted by atomic mass is 9.83. The number of hydrogen-bond acceptors (Lipinski definition) is 4. The number of nitrogens with one attached hydrogen (secondary N) is 1. The van der Waals surface area contributed by atoms with Gasteiger partial charge in [0.15, 0.2) is 0 Å². The van der Waals surface area contributed by atoms with Crippen molar-refractivity contribution in [1.82, 2.24) is 10.2 Å². The minimum absolute atomic E-state index is 0.108. The Morgan fingerprint density at radius 3 is 2.93 bits per heavy atom. The number of nitrogens with zero attached hydrogens (tertiary/aromatic N) is 1. The standard InChI is InChI=1S/C23H32N2O3/c1-16-7-6-10-20(23(16)28-3)22-19-9-5-4-8-18(19)12-14-25(22)21(27)11-13-24-15-17(2)26/h4-6,8-10,16-17,22,24,26H,7,11-15H2,1-3H3/t16-,17+,22-/m0/s1. The fourth-order valence-electron chi connectivity index (χ4n) is 4.24. The first-order valence-corrected chi connectivity index (χ1v) is 10.2. The highest BCUT2D eigenvalue weighted by Gasteiger charge is 2.35. The summed E-state index contributed by atoms with van der Waals surface area (Å²) in [5.74, 6) is 1.42. The Morgan fingerprint density at radius 2 is 2.18 bits per heavy atom. The first kappa shape index (κ1) is 20.6. The van der Waals surface area contributed by atoms with Crippen LogP contribution in [0, 0.1) is 5.92 Å². The lowest BCUT2D eigenvalue weighted by Crippen LogP contribution is -2.42. The Kier molecular flexibility index (Phi) is 6.92. The number of carbonyl (C=O) groups excluding carboxylic acids is 1. The van der Waals surface area contributed by atoms with Crippen LogP contribution in [0.4, 0.5) is 0 Å². The summed E-state index contributed by atoms with van der Waals surface area (Å²) in [6.07, 6.45) is 6.16. The number of amides is 1. The van der Waals surface area contributed by atoms with Gasteiger partial charge in [-0.05, 0) is 30.9 Å². The number of methoxy groups -OCH3 is 1. The van der Waals surface area contributed by atoms with Gasteiger partial charge < -0.3 is 20.1 Å².